The topological polar surface area (TPSA) is 56.6 Å². The van der Waals surface area contributed by atoms with Gasteiger partial charge in [0.05, 0.1) is 18.7 Å². The van der Waals surface area contributed by atoms with Crippen LogP contribution in [0.1, 0.15) is 5.69 Å². The molecule has 0 aliphatic carbocycles. The lowest BCUT2D eigenvalue weighted by Gasteiger charge is -2.25. The molecule has 0 amide bonds. The highest BCUT2D eigenvalue weighted by Crippen LogP contribution is 2.40. The molecule has 4 nitrogen and oxygen atoms in total. The molecule has 0 aliphatic rings. The molecule has 0 spiro atoms. The van der Waals surface area contributed by atoms with Crippen LogP contribution < -0.4 is 4.90 Å². The summed E-state index contributed by atoms with van der Waals surface area (Å²) in [7, 11) is 0. The average Bonchev–Trinajstić information content (AvgIpc) is 2.71. The lowest BCUT2D eigenvalue weighted by molar-refractivity contribution is 0.281. The SMILES string of the molecule is Cc1cc(N(CCO)CCO)c2cc3ccc4cccc5ccc(c2n1)c3c45. The van der Waals surface area contributed by atoms with E-state index in [4.69, 9.17) is 4.98 Å². The van der Waals surface area contributed by atoms with Gasteiger partial charge in [-0.05, 0) is 46.0 Å². The van der Waals surface area contributed by atoms with Crippen LogP contribution >= 0.6 is 0 Å². The molecule has 0 bridgehead atoms. The van der Waals surface area contributed by atoms with E-state index in [2.05, 4.69) is 48.5 Å². The third-order valence-electron chi connectivity index (χ3n) is 5.61. The summed E-state index contributed by atoms with van der Waals surface area (Å²) in [5.41, 5.74) is 2.91. The first-order chi connectivity index (χ1) is 13.7. The van der Waals surface area contributed by atoms with Gasteiger partial charge in [0, 0.05) is 35.2 Å². The molecular formula is C24H22N2O2. The lowest BCUT2D eigenvalue weighted by Crippen LogP contribution is -2.30. The van der Waals surface area contributed by atoms with Crippen molar-refractivity contribution in [3.8, 4) is 0 Å². The van der Waals surface area contributed by atoms with Gasteiger partial charge >= 0.3 is 0 Å². The smallest absolute Gasteiger partial charge is 0.0804 e. The minimum absolute atomic E-state index is 0.0389. The summed E-state index contributed by atoms with van der Waals surface area (Å²) in [4.78, 5) is 6.93. The molecule has 5 aromatic rings. The van der Waals surface area contributed by atoms with E-state index in [0.29, 0.717) is 13.1 Å². The molecule has 0 radical (unpaired) electrons. The minimum atomic E-state index is 0.0389. The normalized spacial score (nSPS) is 12.0. The molecule has 0 saturated heterocycles. The van der Waals surface area contributed by atoms with E-state index in [0.717, 1.165) is 27.7 Å². The Bertz CT molecular complexity index is 1290. The molecule has 0 atom stereocenters. The highest BCUT2D eigenvalue weighted by Gasteiger charge is 2.17. The number of rotatable bonds is 5. The summed E-state index contributed by atoms with van der Waals surface area (Å²) in [6.07, 6.45) is 0. The van der Waals surface area contributed by atoms with Crippen molar-refractivity contribution in [1.29, 1.82) is 0 Å². The van der Waals surface area contributed by atoms with Gasteiger partial charge in [-0.25, -0.2) is 0 Å². The summed E-state index contributed by atoms with van der Waals surface area (Å²) in [6, 6.07) is 19.4. The van der Waals surface area contributed by atoms with Crippen molar-refractivity contribution >= 4 is 48.9 Å². The molecule has 1 heterocycles. The average molecular weight is 370 g/mol. The van der Waals surface area contributed by atoms with Crippen LogP contribution in [0.3, 0.4) is 0 Å². The van der Waals surface area contributed by atoms with E-state index in [1.807, 2.05) is 17.9 Å². The van der Waals surface area contributed by atoms with Gasteiger partial charge in [0.1, 0.15) is 0 Å². The molecule has 0 aliphatic heterocycles. The number of hydrogen-bond acceptors (Lipinski definition) is 4. The Morgan fingerprint density at radius 1 is 0.786 bits per heavy atom. The number of aliphatic hydroxyl groups is 2. The fourth-order valence-electron chi connectivity index (χ4n) is 4.45. The number of hydrogen-bond donors (Lipinski definition) is 2. The third-order valence-corrected chi connectivity index (χ3v) is 5.61. The van der Waals surface area contributed by atoms with Crippen molar-refractivity contribution in [3.05, 3.63) is 60.3 Å². The molecule has 4 heteroatoms. The van der Waals surface area contributed by atoms with E-state index >= 15 is 0 Å². The number of pyridine rings is 1. The molecule has 2 N–H and O–H groups in total. The first-order valence-electron chi connectivity index (χ1n) is 9.66. The first kappa shape index (κ1) is 17.2. The molecule has 140 valence electrons. The van der Waals surface area contributed by atoms with Crippen molar-refractivity contribution in [3.63, 3.8) is 0 Å². The Labute approximate surface area is 163 Å². The number of aryl methyl sites for hydroxylation is 1. The molecule has 0 unspecified atom stereocenters. The van der Waals surface area contributed by atoms with Crippen molar-refractivity contribution in [2.24, 2.45) is 0 Å². The van der Waals surface area contributed by atoms with Crippen LogP contribution in [0.15, 0.2) is 54.6 Å². The highest BCUT2D eigenvalue weighted by atomic mass is 16.3. The zero-order valence-corrected chi connectivity index (χ0v) is 15.8. The van der Waals surface area contributed by atoms with Gasteiger partial charge in [0.15, 0.2) is 0 Å². The summed E-state index contributed by atoms with van der Waals surface area (Å²) in [6.45, 7) is 3.03. The van der Waals surface area contributed by atoms with Crippen LogP contribution in [0.25, 0.3) is 43.2 Å². The lowest BCUT2D eigenvalue weighted by atomic mass is 9.92. The second-order valence-corrected chi connectivity index (χ2v) is 7.35. The number of aliphatic hydroxyl groups excluding tert-OH is 2. The number of nitrogens with zero attached hydrogens (tertiary/aromatic N) is 2. The molecule has 0 fully saturated rings. The summed E-state index contributed by atoms with van der Waals surface area (Å²) in [5, 5.41) is 27.4. The van der Waals surface area contributed by atoms with E-state index < -0.39 is 0 Å². The molecular weight excluding hydrogens is 348 g/mol. The van der Waals surface area contributed by atoms with Gasteiger partial charge in [-0.1, -0.05) is 42.5 Å². The van der Waals surface area contributed by atoms with Crippen LogP contribution in [-0.4, -0.2) is 41.5 Å². The number of anilines is 1. The Morgan fingerprint density at radius 3 is 2.18 bits per heavy atom. The predicted octanol–water partition coefficient (Wildman–Crippen LogP) is 4.23. The van der Waals surface area contributed by atoms with Crippen molar-refractivity contribution in [1.82, 2.24) is 4.98 Å². The first-order valence-corrected chi connectivity index (χ1v) is 9.66. The Balaban J connectivity index is 1.93. The largest absolute Gasteiger partial charge is 0.395 e. The van der Waals surface area contributed by atoms with Crippen LogP contribution in [0.5, 0.6) is 0 Å². The Morgan fingerprint density at radius 2 is 1.46 bits per heavy atom. The summed E-state index contributed by atoms with van der Waals surface area (Å²) >= 11 is 0. The molecule has 5 rings (SSSR count). The van der Waals surface area contributed by atoms with Gasteiger partial charge in [0.2, 0.25) is 0 Å². The molecule has 0 saturated carbocycles. The fourth-order valence-corrected chi connectivity index (χ4v) is 4.45. The van der Waals surface area contributed by atoms with Crippen molar-refractivity contribution in [2.45, 2.75) is 6.92 Å². The standard InChI is InChI=1S/C24H22N2O2/c1-15-13-21(26(9-11-27)10-12-28)20-14-18-6-5-16-3-2-4-17-7-8-19(24(20)25-15)23(18)22(16)17/h2-8,13-14,27-28H,9-12H2,1H3. The second kappa shape index (κ2) is 6.59. The van der Waals surface area contributed by atoms with Crippen molar-refractivity contribution < 1.29 is 10.2 Å². The van der Waals surface area contributed by atoms with Gasteiger partial charge in [0.25, 0.3) is 0 Å². The minimum Gasteiger partial charge on any atom is -0.395 e. The maximum absolute atomic E-state index is 9.51. The fraction of sp³-hybridized carbons (Fsp3) is 0.208. The van der Waals surface area contributed by atoms with Crippen LogP contribution in [-0.2, 0) is 0 Å². The van der Waals surface area contributed by atoms with Gasteiger partial charge in [-0.2, -0.15) is 0 Å². The Kier molecular flexibility index (Phi) is 4.04. The van der Waals surface area contributed by atoms with Crippen LogP contribution in [0.2, 0.25) is 0 Å². The highest BCUT2D eigenvalue weighted by molar-refractivity contribution is 6.29. The molecule has 4 aromatic carbocycles. The van der Waals surface area contributed by atoms with E-state index in [-0.39, 0.29) is 13.2 Å². The van der Waals surface area contributed by atoms with Crippen LogP contribution in [0.4, 0.5) is 5.69 Å². The number of aromatic nitrogens is 1. The van der Waals surface area contributed by atoms with Gasteiger partial charge in [-0.3, -0.25) is 4.98 Å². The van der Waals surface area contributed by atoms with E-state index in [1.54, 1.807) is 0 Å². The second-order valence-electron chi connectivity index (χ2n) is 7.35. The maximum Gasteiger partial charge on any atom is 0.0804 e. The number of fused-ring (bicyclic) bond motifs is 2. The summed E-state index contributed by atoms with van der Waals surface area (Å²) in [5.74, 6) is 0. The zero-order valence-electron chi connectivity index (χ0n) is 15.8. The van der Waals surface area contributed by atoms with Crippen molar-refractivity contribution in [2.75, 3.05) is 31.2 Å². The Hall–Kier alpha value is -2.95. The molecule has 1 aromatic heterocycles. The van der Waals surface area contributed by atoms with Gasteiger partial charge < -0.3 is 15.1 Å². The van der Waals surface area contributed by atoms with E-state index in [9.17, 15) is 10.2 Å². The number of benzene rings is 4. The van der Waals surface area contributed by atoms with Crippen LogP contribution in [0, 0.1) is 6.92 Å². The van der Waals surface area contributed by atoms with Gasteiger partial charge in [-0.15, -0.1) is 0 Å². The monoisotopic (exact) mass is 370 g/mol. The predicted molar refractivity (Wildman–Crippen MR) is 117 cm³/mol. The quantitative estimate of drug-likeness (QED) is 0.359. The van der Waals surface area contributed by atoms with E-state index in [1.165, 1.54) is 26.9 Å². The summed E-state index contributed by atoms with van der Waals surface area (Å²) < 4.78 is 0. The molecule has 28 heavy (non-hydrogen) atoms. The zero-order chi connectivity index (χ0) is 19.3. The third kappa shape index (κ3) is 2.49. The maximum atomic E-state index is 9.51.